The fourth-order valence-electron chi connectivity index (χ4n) is 2.40. The van der Waals surface area contributed by atoms with Gasteiger partial charge in [0.25, 0.3) is 0 Å². The first-order chi connectivity index (χ1) is 7.75. The molecule has 1 atom stereocenters. The van der Waals surface area contributed by atoms with Gasteiger partial charge in [-0.25, -0.2) is 4.79 Å². The van der Waals surface area contributed by atoms with Gasteiger partial charge in [-0.2, -0.15) is 0 Å². The highest BCUT2D eigenvalue weighted by atomic mass is 35.5. The first-order valence-electron chi connectivity index (χ1n) is 5.70. The number of hydrogen-bond donors (Lipinski definition) is 3. The average molecular weight is 278 g/mol. The van der Waals surface area contributed by atoms with Crippen LogP contribution >= 0.6 is 12.4 Å². The molecular formula is C12H20ClNO4. The molecule has 104 valence electrons. The van der Waals surface area contributed by atoms with Gasteiger partial charge in [0.15, 0.2) is 0 Å². The minimum atomic E-state index is -1.17. The van der Waals surface area contributed by atoms with Gasteiger partial charge in [0.05, 0.1) is 0 Å². The Kier molecular flexibility index (Phi) is 5.83. The molecule has 1 rings (SSSR count). The van der Waals surface area contributed by atoms with Crippen molar-refractivity contribution in [3.05, 3.63) is 11.1 Å². The van der Waals surface area contributed by atoms with Gasteiger partial charge in [0.1, 0.15) is 6.04 Å². The van der Waals surface area contributed by atoms with Crippen LogP contribution in [0.25, 0.3) is 0 Å². The van der Waals surface area contributed by atoms with Crippen LogP contribution in [0.5, 0.6) is 0 Å². The van der Waals surface area contributed by atoms with Crippen molar-refractivity contribution in [3.8, 4) is 0 Å². The number of hydrogen-bond acceptors (Lipinski definition) is 3. The zero-order valence-electron chi connectivity index (χ0n) is 10.6. The molecule has 0 radical (unpaired) electrons. The molecular weight excluding hydrogens is 258 g/mol. The third-order valence-electron chi connectivity index (χ3n) is 3.41. The maximum atomic E-state index is 11.2. The van der Waals surface area contributed by atoms with Crippen molar-refractivity contribution in [2.45, 2.75) is 45.6 Å². The van der Waals surface area contributed by atoms with Crippen molar-refractivity contribution >= 4 is 24.3 Å². The van der Waals surface area contributed by atoms with Gasteiger partial charge in [0.2, 0.25) is 0 Å². The van der Waals surface area contributed by atoms with Gasteiger partial charge in [-0.05, 0) is 24.7 Å². The minimum Gasteiger partial charge on any atom is -0.480 e. The number of carbonyl (C=O) groups is 2. The standard InChI is InChI=1S/C12H19NO4.ClH/c1-12(2)5-3-4-8(12)7(10(14)15)6-9(13)11(16)17;/h9H,3-6,13H2,1-2H3,(H,14,15)(H,16,17);1H/b8-7+;/t9-;/m0./s1. The van der Waals surface area contributed by atoms with E-state index in [9.17, 15) is 14.7 Å². The number of carboxylic acids is 2. The van der Waals surface area contributed by atoms with E-state index >= 15 is 0 Å². The van der Waals surface area contributed by atoms with Crippen LogP contribution in [-0.4, -0.2) is 28.2 Å². The Hall–Kier alpha value is -1.07. The van der Waals surface area contributed by atoms with Crippen LogP contribution in [0.3, 0.4) is 0 Å². The van der Waals surface area contributed by atoms with E-state index in [1.807, 2.05) is 13.8 Å². The lowest BCUT2D eigenvalue weighted by molar-refractivity contribution is -0.138. The Bertz CT molecular complexity index is 376. The van der Waals surface area contributed by atoms with Crippen molar-refractivity contribution in [2.24, 2.45) is 11.1 Å². The Morgan fingerprint density at radius 2 is 1.94 bits per heavy atom. The third kappa shape index (κ3) is 3.71. The van der Waals surface area contributed by atoms with Crippen LogP contribution in [0, 0.1) is 5.41 Å². The fourth-order valence-corrected chi connectivity index (χ4v) is 2.40. The van der Waals surface area contributed by atoms with Gasteiger partial charge < -0.3 is 15.9 Å². The maximum Gasteiger partial charge on any atom is 0.331 e. The summed E-state index contributed by atoms with van der Waals surface area (Å²) < 4.78 is 0. The number of nitrogens with two attached hydrogens (primary N) is 1. The third-order valence-corrected chi connectivity index (χ3v) is 3.41. The molecule has 1 saturated carbocycles. The molecule has 18 heavy (non-hydrogen) atoms. The van der Waals surface area contributed by atoms with E-state index in [-0.39, 0.29) is 29.8 Å². The van der Waals surface area contributed by atoms with E-state index in [1.165, 1.54) is 0 Å². The molecule has 0 aromatic rings. The van der Waals surface area contributed by atoms with Crippen molar-refractivity contribution in [2.75, 3.05) is 0 Å². The SMILES string of the molecule is CC1(C)CCC/C1=C(/C[C@H](N)C(=O)O)C(=O)O.Cl. The molecule has 0 aliphatic heterocycles. The molecule has 0 spiro atoms. The van der Waals surface area contributed by atoms with Crippen molar-refractivity contribution in [3.63, 3.8) is 0 Å². The number of aliphatic carboxylic acids is 2. The molecule has 0 unspecified atom stereocenters. The lowest BCUT2D eigenvalue weighted by atomic mass is 9.82. The Morgan fingerprint density at radius 1 is 1.39 bits per heavy atom. The first kappa shape index (κ1) is 16.9. The van der Waals surface area contributed by atoms with E-state index in [4.69, 9.17) is 10.8 Å². The van der Waals surface area contributed by atoms with E-state index in [0.29, 0.717) is 0 Å². The van der Waals surface area contributed by atoms with E-state index in [1.54, 1.807) is 0 Å². The highest BCUT2D eigenvalue weighted by molar-refractivity contribution is 5.89. The molecule has 0 bridgehead atoms. The van der Waals surface area contributed by atoms with Crippen LogP contribution in [0.1, 0.15) is 39.5 Å². The summed E-state index contributed by atoms with van der Waals surface area (Å²) in [4.78, 5) is 21.9. The summed E-state index contributed by atoms with van der Waals surface area (Å²) in [5.41, 5.74) is 6.29. The molecule has 1 fully saturated rings. The number of rotatable bonds is 4. The molecule has 4 N–H and O–H groups in total. The number of allylic oxidation sites excluding steroid dienone is 1. The lowest BCUT2D eigenvalue weighted by Gasteiger charge is -2.23. The lowest BCUT2D eigenvalue weighted by Crippen LogP contribution is -2.32. The summed E-state index contributed by atoms with van der Waals surface area (Å²) in [5.74, 6) is -2.22. The Labute approximate surface area is 112 Å². The van der Waals surface area contributed by atoms with Crippen LogP contribution in [0.4, 0.5) is 0 Å². The first-order valence-corrected chi connectivity index (χ1v) is 5.70. The summed E-state index contributed by atoms with van der Waals surface area (Å²) in [6, 6.07) is -1.15. The van der Waals surface area contributed by atoms with Gasteiger partial charge in [0, 0.05) is 12.0 Å². The molecule has 0 heterocycles. The average Bonchev–Trinajstić information content (AvgIpc) is 2.53. The summed E-state index contributed by atoms with van der Waals surface area (Å²) in [6.45, 7) is 3.98. The smallest absolute Gasteiger partial charge is 0.331 e. The number of carboxylic acid groups (broad SMARTS) is 2. The Morgan fingerprint density at radius 3 is 2.28 bits per heavy atom. The fraction of sp³-hybridized carbons (Fsp3) is 0.667. The van der Waals surface area contributed by atoms with Crippen molar-refractivity contribution < 1.29 is 19.8 Å². The zero-order valence-corrected chi connectivity index (χ0v) is 11.4. The van der Waals surface area contributed by atoms with Gasteiger partial charge in [-0.15, -0.1) is 12.4 Å². The second-order valence-corrected chi connectivity index (χ2v) is 5.15. The zero-order chi connectivity index (χ0) is 13.2. The van der Waals surface area contributed by atoms with Crippen molar-refractivity contribution in [1.82, 2.24) is 0 Å². The summed E-state index contributed by atoms with van der Waals surface area (Å²) >= 11 is 0. The molecule has 1 aliphatic rings. The van der Waals surface area contributed by atoms with Gasteiger partial charge >= 0.3 is 11.9 Å². The summed E-state index contributed by atoms with van der Waals surface area (Å²) in [5, 5.41) is 17.9. The molecule has 0 saturated heterocycles. The topological polar surface area (TPSA) is 101 Å². The van der Waals surface area contributed by atoms with Crippen LogP contribution in [0.15, 0.2) is 11.1 Å². The monoisotopic (exact) mass is 277 g/mol. The van der Waals surface area contributed by atoms with E-state index in [2.05, 4.69) is 0 Å². The van der Waals surface area contributed by atoms with Gasteiger partial charge in [-0.3, -0.25) is 4.79 Å². The molecule has 0 aromatic carbocycles. The Balaban J connectivity index is 0.00000289. The highest BCUT2D eigenvalue weighted by Crippen LogP contribution is 2.44. The van der Waals surface area contributed by atoms with Crippen LogP contribution in [-0.2, 0) is 9.59 Å². The normalized spacial score (nSPS) is 21.9. The van der Waals surface area contributed by atoms with E-state index in [0.717, 1.165) is 24.8 Å². The minimum absolute atomic E-state index is 0. The predicted molar refractivity (Wildman–Crippen MR) is 69.8 cm³/mol. The second kappa shape index (κ2) is 6.20. The molecule has 0 aromatic heterocycles. The second-order valence-electron chi connectivity index (χ2n) is 5.15. The highest BCUT2D eigenvalue weighted by Gasteiger charge is 2.34. The maximum absolute atomic E-state index is 11.2. The molecule has 0 amide bonds. The summed E-state index contributed by atoms with van der Waals surface area (Å²) in [6.07, 6.45) is 2.49. The van der Waals surface area contributed by atoms with E-state index < -0.39 is 18.0 Å². The predicted octanol–water partition coefficient (Wildman–Crippen LogP) is 1.80. The molecule has 5 nitrogen and oxygen atoms in total. The van der Waals surface area contributed by atoms with Crippen molar-refractivity contribution in [1.29, 1.82) is 0 Å². The summed E-state index contributed by atoms with van der Waals surface area (Å²) in [7, 11) is 0. The molecule has 1 aliphatic carbocycles. The van der Waals surface area contributed by atoms with Gasteiger partial charge in [-0.1, -0.05) is 19.4 Å². The molecule has 6 heteroatoms. The number of halogens is 1. The largest absolute Gasteiger partial charge is 0.480 e. The quantitative estimate of drug-likeness (QED) is 0.680. The van der Waals surface area contributed by atoms with Crippen LogP contribution < -0.4 is 5.73 Å². The van der Waals surface area contributed by atoms with Crippen LogP contribution in [0.2, 0.25) is 0 Å².